The predicted molar refractivity (Wildman–Crippen MR) is 122 cm³/mol. The van der Waals surface area contributed by atoms with E-state index in [2.05, 4.69) is 10.6 Å². The molecule has 0 spiro atoms. The molecular formula is C22H35N3O6S. The molecule has 2 aliphatic heterocycles. The Bertz CT molecular complexity index is 849. The summed E-state index contributed by atoms with van der Waals surface area (Å²) >= 11 is 0. The SMILES string of the molecule is CC(C)COCCC(=O)Nc1cc(S(=O)(=O)N2CCOCC2)ccc1NCC1CCCO1. The summed E-state index contributed by atoms with van der Waals surface area (Å²) in [4.78, 5) is 12.7. The quantitative estimate of drug-likeness (QED) is 0.479. The van der Waals surface area contributed by atoms with Crippen molar-refractivity contribution >= 4 is 27.3 Å². The number of nitrogens with one attached hydrogen (secondary N) is 2. The highest BCUT2D eigenvalue weighted by molar-refractivity contribution is 7.89. The van der Waals surface area contributed by atoms with Gasteiger partial charge in [-0.15, -0.1) is 0 Å². The molecule has 0 aromatic heterocycles. The van der Waals surface area contributed by atoms with Gasteiger partial charge in [-0.1, -0.05) is 13.8 Å². The van der Waals surface area contributed by atoms with E-state index < -0.39 is 10.0 Å². The van der Waals surface area contributed by atoms with Crippen LogP contribution in [0.1, 0.15) is 33.1 Å². The fourth-order valence-corrected chi connectivity index (χ4v) is 5.04. The van der Waals surface area contributed by atoms with Crippen LogP contribution >= 0.6 is 0 Å². The van der Waals surface area contributed by atoms with Crippen LogP contribution in [-0.2, 0) is 29.0 Å². The van der Waals surface area contributed by atoms with Crippen LogP contribution in [0.4, 0.5) is 11.4 Å². The van der Waals surface area contributed by atoms with Crippen LogP contribution in [0.5, 0.6) is 0 Å². The fraction of sp³-hybridized carbons (Fsp3) is 0.682. The second kappa shape index (κ2) is 11.9. The van der Waals surface area contributed by atoms with Crippen molar-refractivity contribution in [3.8, 4) is 0 Å². The normalized spacial score (nSPS) is 19.9. The first-order valence-corrected chi connectivity index (χ1v) is 12.8. The van der Waals surface area contributed by atoms with Crippen molar-refractivity contribution in [2.45, 2.75) is 44.1 Å². The lowest BCUT2D eigenvalue weighted by Crippen LogP contribution is -2.40. The molecule has 32 heavy (non-hydrogen) atoms. The topological polar surface area (TPSA) is 106 Å². The third-order valence-electron chi connectivity index (χ3n) is 5.34. The molecule has 1 atom stereocenters. The van der Waals surface area contributed by atoms with Gasteiger partial charge in [0.15, 0.2) is 0 Å². The van der Waals surface area contributed by atoms with Gasteiger partial charge in [0.2, 0.25) is 15.9 Å². The minimum atomic E-state index is -3.67. The van der Waals surface area contributed by atoms with Gasteiger partial charge in [-0.2, -0.15) is 4.31 Å². The number of sulfonamides is 1. The number of carbonyl (C=O) groups excluding carboxylic acids is 1. The third-order valence-corrected chi connectivity index (χ3v) is 7.24. The zero-order valence-electron chi connectivity index (χ0n) is 19.0. The molecule has 0 bridgehead atoms. The molecule has 2 fully saturated rings. The van der Waals surface area contributed by atoms with E-state index in [0.29, 0.717) is 63.4 Å². The number of amides is 1. The van der Waals surface area contributed by atoms with Gasteiger partial charge >= 0.3 is 0 Å². The average molecular weight is 470 g/mol. The highest BCUT2D eigenvalue weighted by atomic mass is 32.2. The summed E-state index contributed by atoms with van der Waals surface area (Å²) < 4.78 is 44.0. The minimum absolute atomic E-state index is 0.111. The molecule has 2 heterocycles. The zero-order valence-corrected chi connectivity index (χ0v) is 19.8. The number of anilines is 2. The number of hydrogen-bond donors (Lipinski definition) is 2. The van der Waals surface area contributed by atoms with Gasteiger partial charge in [-0.05, 0) is 37.0 Å². The largest absolute Gasteiger partial charge is 0.381 e. The first-order valence-electron chi connectivity index (χ1n) is 11.3. The maximum Gasteiger partial charge on any atom is 0.243 e. The van der Waals surface area contributed by atoms with Gasteiger partial charge in [0.25, 0.3) is 0 Å². The van der Waals surface area contributed by atoms with Crippen LogP contribution < -0.4 is 10.6 Å². The highest BCUT2D eigenvalue weighted by Crippen LogP contribution is 2.28. The standard InChI is InChI=1S/C22H35N3O6S/c1-17(2)16-30-11-7-22(26)24-21-14-19(32(27,28)25-8-12-29-13-9-25)5-6-20(21)23-15-18-4-3-10-31-18/h5-6,14,17-18,23H,3-4,7-13,15-16H2,1-2H3,(H,24,26). The highest BCUT2D eigenvalue weighted by Gasteiger charge is 2.27. The maximum atomic E-state index is 13.1. The van der Waals surface area contributed by atoms with Crippen LogP contribution in [0.25, 0.3) is 0 Å². The molecule has 1 aromatic rings. The number of ether oxygens (including phenoxy) is 3. The van der Waals surface area contributed by atoms with Crippen LogP contribution in [0.2, 0.25) is 0 Å². The van der Waals surface area contributed by atoms with E-state index in [0.717, 1.165) is 19.4 Å². The molecule has 1 unspecified atom stereocenters. The summed E-state index contributed by atoms with van der Waals surface area (Å²) in [6, 6.07) is 4.80. The number of morpholine rings is 1. The van der Waals surface area contributed by atoms with Crippen LogP contribution in [0, 0.1) is 5.92 Å². The van der Waals surface area contributed by atoms with Gasteiger partial charge < -0.3 is 24.8 Å². The van der Waals surface area contributed by atoms with Crippen LogP contribution in [0.15, 0.2) is 23.1 Å². The van der Waals surface area contributed by atoms with E-state index >= 15 is 0 Å². The predicted octanol–water partition coefficient (Wildman–Crippen LogP) is 2.30. The van der Waals surface area contributed by atoms with Crippen LogP contribution in [-0.4, -0.2) is 77.4 Å². The Morgan fingerprint density at radius 1 is 1.22 bits per heavy atom. The number of nitrogens with zero attached hydrogens (tertiary/aromatic N) is 1. The lowest BCUT2D eigenvalue weighted by molar-refractivity contribution is -0.117. The Kier molecular flexibility index (Phi) is 9.30. The van der Waals surface area contributed by atoms with Gasteiger partial charge in [0, 0.05) is 32.8 Å². The van der Waals surface area contributed by atoms with Crippen molar-refractivity contribution in [2.75, 3.05) is 63.3 Å². The van der Waals surface area contributed by atoms with E-state index in [1.54, 1.807) is 12.1 Å². The van der Waals surface area contributed by atoms with Crippen LogP contribution in [0.3, 0.4) is 0 Å². The van der Waals surface area contributed by atoms with Gasteiger partial charge in [0.1, 0.15) is 0 Å². The van der Waals surface area contributed by atoms with Crippen molar-refractivity contribution in [3.05, 3.63) is 18.2 Å². The third kappa shape index (κ3) is 7.14. The summed E-state index contributed by atoms with van der Waals surface area (Å²) in [6.45, 7) is 7.73. The van der Waals surface area contributed by atoms with Crippen molar-refractivity contribution in [1.82, 2.24) is 4.31 Å². The van der Waals surface area contributed by atoms with Crippen molar-refractivity contribution < 1.29 is 27.4 Å². The van der Waals surface area contributed by atoms with E-state index in [-0.39, 0.29) is 23.3 Å². The van der Waals surface area contributed by atoms with Gasteiger partial charge in [-0.3, -0.25) is 4.79 Å². The first kappa shape index (κ1) is 24.9. The second-order valence-corrected chi connectivity index (χ2v) is 10.4. The molecule has 2 aliphatic rings. The zero-order chi connectivity index (χ0) is 23.0. The molecule has 9 nitrogen and oxygen atoms in total. The average Bonchev–Trinajstić information content (AvgIpc) is 3.30. The Hall–Kier alpha value is -1.72. The number of benzene rings is 1. The summed E-state index contributed by atoms with van der Waals surface area (Å²) in [6.07, 6.45) is 2.31. The van der Waals surface area contributed by atoms with E-state index in [1.165, 1.54) is 10.4 Å². The smallest absolute Gasteiger partial charge is 0.243 e. The lowest BCUT2D eigenvalue weighted by Gasteiger charge is -2.26. The lowest BCUT2D eigenvalue weighted by atomic mass is 10.2. The summed E-state index contributed by atoms with van der Waals surface area (Å²) in [5, 5.41) is 6.16. The molecule has 10 heteroatoms. The van der Waals surface area contributed by atoms with Crippen molar-refractivity contribution in [1.29, 1.82) is 0 Å². The second-order valence-electron chi connectivity index (χ2n) is 8.51. The Morgan fingerprint density at radius 2 is 2.00 bits per heavy atom. The molecule has 180 valence electrons. The summed E-state index contributed by atoms with van der Waals surface area (Å²) in [5.41, 5.74) is 1.10. The molecule has 1 amide bonds. The van der Waals surface area contributed by atoms with E-state index in [1.807, 2.05) is 13.8 Å². The summed E-state index contributed by atoms with van der Waals surface area (Å²) in [5.74, 6) is 0.170. The number of hydrogen-bond acceptors (Lipinski definition) is 7. The van der Waals surface area contributed by atoms with E-state index in [9.17, 15) is 13.2 Å². The fourth-order valence-electron chi connectivity index (χ4n) is 3.60. The monoisotopic (exact) mass is 469 g/mol. The maximum absolute atomic E-state index is 13.1. The molecule has 0 saturated carbocycles. The minimum Gasteiger partial charge on any atom is -0.381 e. The Morgan fingerprint density at radius 3 is 2.69 bits per heavy atom. The van der Waals surface area contributed by atoms with Gasteiger partial charge in [-0.25, -0.2) is 8.42 Å². The summed E-state index contributed by atoms with van der Waals surface area (Å²) in [7, 11) is -3.67. The molecular weight excluding hydrogens is 434 g/mol. The molecule has 2 saturated heterocycles. The molecule has 3 rings (SSSR count). The molecule has 1 aromatic carbocycles. The van der Waals surface area contributed by atoms with Crippen molar-refractivity contribution in [2.24, 2.45) is 5.92 Å². The first-order chi connectivity index (χ1) is 15.4. The Balaban J connectivity index is 1.72. The van der Waals surface area contributed by atoms with E-state index in [4.69, 9.17) is 14.2 Å². The number of carbonyl (C=O) groups is 1. The molecule has 0 radical (unpaired) electrons. The molecule has 0 aliphatic carbocycles. The molecule has 2 N–H and O–H groups in total. The Labute approximate surface area is 190 Å². The van der Waals surface area contributed by atoms with Gasteiger partial charge in [0.05, 0.1) is 48.6 Å². The van der Waals surface area contributed by atoms with Crippen molar-refractivity contribution in [3.63, 3.8) is 0 Å². The number of rotatable bonds is 11.